The highest BCUT2D eigenvalue weighted by Crippen LogP contribution is 2.30. The predicted molar refractivity (Wildman–Crippen MR) is 65.5 cm³/mol. The van der Waals surface area contributed by atoms with E-state index < -0.39 is 0 Å². The maximum atomic E-state index is 5.84. The molecule has 84 valence electrons. The van der Waals surface area contributed by atoms with Gasteiger partial charge in [-0.3, -0.25) is 4.68 Å². The van der Waals surface area contributed by atoms with Crippen molar-refractivity contribution < 1.29 is 0 Å². The molecule has 0 aromatic carbocycles. The third-order valence-electron chi connectivity index (χ3n) is 3.00. The van der Waals surface area contributed by atoms with E-state index in [9.17, 15) is 0 Å². The molecule has 1 fully saturated rings. The average molecular weight is 245 g/mol. The van der Waals surface area contributed by atoms with Crippen LogP contribution in [0, 0.1) is 5.92 Å². The second-order valence-electron chi connectivity index (χ2n) is 4.24. The van der Waals surface area contributed by atoms with E-state index in [2.05, 4.69) is 5.10 Å². The van der Waals surface area contributed by atoms with Crippen LogP contribution in [0.5, 0.6) is 0 Å². The van der Waals surface area contributed by atoms with Gasteiger partial charge in [0.25, 0.3) is 0 Å². The van der Waals surface area contributed by atoms with Crippen LogP contribution in [0.1, 0.15) is 32.1 Å². The normalized spacial score (nSPS) is 18.3. The van der Waals surface area contributed by atoms with Gasteiger partial charge in [0.15, 0.2) is 5.15 Å². The molecule has 2 nitrogen and oxygen atoms in total. The summed E-state index contributed by atoms with van der Waals surface area (Å²) in [7, 11) is 1.95. The predicted octanol–water partition coefficient (Wildman–Crippen LogP) is 3.75. The van der Waals surface area contributed by atoms with Crippen LogP contribution in [0.25, 0.3) is 0 Å². The standard InChI is InChI=1S/C11H17ClN2S/c1-14-11(7-10(12)13-14)15-8-9-5-3-2-4-6-9/h7,9H,2-6,8H2,1H3. The number of aryl methyl sites for hydroxylation is 1. The summed E-state index contributed by atoms with van der Waals surface area (Å²) in [5.41, 5.74) is 0. The van der Waals surface area contributed by atoms with Crippen molar-refractivity contribution in [2.24, 2.45) is 13.0 Å². The zero-order chi connectivity index (χ0) is 10.7. The third-order valence-corrected chi connectivity index (χ3v) is 4.50. The van der Waals surface area contributed by atoms with Gasteiger partial charge in [-0.05, 0) is 18.8 Å². The van der Waals surface area contributed by atoms with Crippen molar-refractivity contribution in [1.82, 2.24) is 9.78 Å². The molecule has 1 heterocycles. The largest absolute Gasteiger partial charge is 0.261 e. The summed E-state index contributed by atoms with van der Waals surface area (Å²) in [6.45, 7) is 0. The Morgan fingerprint density at radius 1 is 1.47 bits per heavy atom. The highest BCUT2D eigenvalue weighted by Gasteiger charge is 2.14. The van der Waals surface area contributed by atoms with Gasteiger partial charge in [-0.15, -0.1) is 11.8 Å². The molecule has 0 bridgehead atoms. The van der Waals surface area contributed by atoms with Crippen LogP contribution in [0.4, 0.5) is 0 Å². The quantitative estimate of drug-likeness (QED) is 0.754. The second kappa shape index (κ2) is 5.26. The smallest absolute Gasteiger partial charge is 0.152 e. The molecule has 0 amide bonds. The monoisotopic (exact) mass is 244 g/mol. The summed E-state index contributed by atoms with van der Waals surface area (Å²) in [5, 5.41) is 5.92. The van der Waals surface area contributed by atoms with Crippen molar-refractivity contribution in [3.63, 3.8) is 0 Å². The molecule has 2 rings (SSSR count). The number of rotatable bonds is 3. The Bertz CT molecular complexity index is 318. The molecular weight excluding hydrogens is 228 g/mol. The maximum absolute atomic E-state index is 5.84. The fourth-order valence-electron chi connectivity index (χ4n) is 2.11. The van der Waals surface area contributed by atoms with Gasteiger partial charge in [0.05, 0.1) is 5.03 Å². The fraction of sp³-hybridized carbons (Fsp3) is 0.727. The summed E-state index contributed by atoms with van der Waals surface area (Å²) in [4.78, 5) is 0. The summed E-state index contributed by atoms with van der Waals surface area (Å²) >= 11 is 7.73. The van der Waals surface area contributed by atoms with Gasteiger partial charge < -0.3 is 0 Å². The highest BCUT2D eigenvalue weighted by atomic mass is 35.5. The molecule has 0 atom stereocenters. The Balaban J connectivity index is 1.84. The third kappa shape index (κ3) is 3.15. The van der Waals surface area contributed by atoms with Gasteiger partial charge in [0.1, 0.15) is 0 Å². The Labute approximate surface area is 100 Å². The van der Waals surface area contributed by atoms with Crippen LogP contribution in [-0.4, -0.2) is 15.5 Å². The molecule has 0 N–H and O–H groups in total. The first-order valence-electron chi connectivity index (χ1n) is 5.58. The van der Waals surface area contributed by atoms with Gasteiger partial charge >= 0.3 is 0 Å². The number of aromatic nitrogens is 2. The van der Waals surface area contributed by atoms with Gasteiger partial charge in [0.2, 0.25) is 0 Å². The van der Waals surface area contributed by atoms with E-state index in [-0.39, 0.29) is 0 Å². The SMILES string of the molecule is Cn1nc(Cl)cc1SCC1CCCCC1. The first-order valence-corrected chi connectivity index (χ1v) is 6.94. The van der Waals surface area contributed by atoms with Crippen LogP contribution in [0.15, 0.2) is 11.1 Å². The summed E-state index contributed by atoms with van der Waals surface area (Å²) in [6, 6.07) is 1.95. The molecule has 0 spiro atoms. The van der Waals surface area contributed by atoms with E-state index in [1.54, 1.807) is 0 Å². The van der Waals surface area contributed by atoms with E-state index in [4.69, 9.17) is 11.6 Å². The molecule has 0 radical (unpaired) electrons. The van der Waals surface area contributed by atoms with Crippen LogP contribution in [0.2, 0.25) is 5.15 Å². The van der Waals surface area contributed by atoms with Crippen molar-refractivity contribution in [3.05, 3.63) is 11.2 Å². The lowest BCUT2D eigenvalue weighted by Crippen LogP contribution is -2.09. The van der Waals surface area contributed by atoms with Crippen molar-refractivity contribution in [2.75, 3.05) is 5.75 Å². The molecule has 0 unspecified atom stereocenters. The Hall–Kier alpha value is -0.150. The summed E-state index contributed by atoms with van der Waals surface area (Å²) < 4.78 is 1.87. The van der Waals surface area contributed by atoms with Gasteiger partial charge in [-0.1, -0.05) is 30.9 Å². The van der Waals surface area contributed by atoms with E-state index in [0.717, 1.165) is 5.92 Å². The minimum atomic E-state index is 0.601. The number of nitrogens with zero attached hydrogens (tertiary/aromatic N) is 2. The topological polar surface area (TPSA) is 17.8 Å². The zero-order valence-electron chi connectivity index (χ0n) is 9.08. The van der Waals surface area contributed by atoms with Crippen molar-refractivity contribution >= 4 is 23.4 Å². The number of halogens is 1. The minimum Gasteiger partial charge on any atom is -0.261 e. The lowest BCUT2D eigenvalue weighted by atomic mass is 9.91. The van der Waals surface area contributed by atoms with Gasteiger partial charge in [-0.2, -0.15) is 5.10 Å². The molecule has 1 aliphatic rings. The van der Waals surface area contributed by atoms with E-state index in [1.165, 1.54) is 42.9 Å². The first-order chi connectivity index (χ1) is 7.25. The van der Waals surface area contributed by atoms with E-state index >= 15 is 0 Å². The fourth-order valence-corrected chi connectivity index (χ4v) is 3.55. The van der Waals surface area contributed by atoms with Crippen LogP contribution < -0.4 is 0 Å². The number of thioether (sulfide) groups is 1. The molecule has 15 heavy (non-hydrogen) atoms. The minimum absolute atomic E-state index is 0.601. The first kappa shape index (κ1) is 11.3. The Morgan fingerprint density at radius 2 is 2.20 bits per heavy atom. The molecular formula is C11H17ClN2S. The molecule has 1 aromatic heterocycles. The summed E-state index contributed by atoms with van der Waals surface area (Å²) in [5.74, 6) is 2.12. The second-order valence-corrected chi connectivity index (χ2v) is 5.67. The molecule has 1 saturated carbocycles. The highest BCUT2D eigenvalue weighted by molar-refractivity contribution is 7.99. The Morgan fingerprint density at radius 3 is 2.80 bits per heavy atom. The van der Waals surface area contributed by atoms with Crippen LogP contribution in [-0.2, 0) is 7.05 Å². The molecule has 1 aliphatic carbocycles. The molecule has 0 aliphatic heterocycles. The van der Waals surface area contributed by atoms with Crippen LogP contribution >= 0.6 is 23.4 Å². The van der Waals surface area contributed by atoms with Gasteiger partial charge in [0, 0.05) is 18.9 Å². The van der Waals surface area contributed by atoms with Crippen molar-refractivity contribution in [2.45, 2.75) is 37.1 Å². The average Bonchev–Trinajstić information content (AvgIpc) is 2.56. The molecule has 4 heteroatoms. The van der Waals surface area contributed by atoms with E-state index in [1.807, 2.05) is 29.6 Å². The number of hydrogen-bond donors (Lipinski definition) is 0. The zero-order valence-corrected chi connectivity index (χ0v) is 10.7. The van der Waals surface area contributed by atoms with E-state index in [0.29, 0.717) is 5.15 Å². The number of hydrogen-bond acceptors (Lipinski definition) is 2. The van der Waals surface area contributed by atoms with Crippen LogP contribution in [0.3, 0.4) is 0 Å². The lowest BCUT2D eigenvalue weighted by molar-refractivity contribution is 0.390. The summed E-state index contributed by atoms with van der Waals surface area (Å²) in [6.07, 6.45) is 7.06. The molecule has 1 aromatic rings. The Kier molecular flexibility index (Phi) is 3.98. The van der Waals surface area contributed by atoms with Crippen molar-refractivity contribution in [1.29, 1.82) is 0 Å². The van der Waals surface area contributed by atoms with Gasteiger partial charge in [-0.25, -0.2) is 0 Å². The maximum Gasteiger partial charge on any atom is 0.152 e. The van der Waals surface area contributed by atoms with Crippen molar-refractivity contribution in [3.8, 4) is 0 Å². The molecule has 0 saturated heterocycles. The lowest BCUT2D eigenvalue weighted by Gasteiger charge is -2.20.